The molecule has 0 saturated heterocycles. The average Bonchev–Trinajstić information content (AvgIpc) is 3.02. The molecule has 1 aromatic carbocycles. The van der Waals surface area contributed by atoms with Crippen molar-refractivity contribution < 1.29 is 9.53 Å². The Hall–Kier alpha value is -2.54. The number of amides is 1. The first-order valence-corrected chi connectivity index (χ1v) is 9.35. The van der Waals surface area contributed by atoms with E-state index in [4.69, 9.17) is 4.74 Å². The number of anilines is 1. The lowest BCUT2D eigenvalue weighted by molar-refractivity contribution is -0.114. The van der Waals surface area contributed by atoms with Crippen LogP contribution in [0.4, 0.5) is 5.69 Å². The number of hydrogen-bond donors (Lipinski definition) is 3. The predicted octanol–water partition coefficient (Wildman–Crippen LogP) is 3.28. The molecule has 3 N–H and O–H groups in total. The van der Waals surface area contributed by atoms with Crippen LogP contribution in [0.5, 0.6) is 5.75 Å². The third-order valence-electron chi connectivity index (χ3n) is 3.56. The highest BCUT2D eigenvalue weighted by molar-refractivity contribution is 7.11. The van der Waals surface area contributed by atoms with Crippen molar-refractivity contribution in [1.29, 1.82) is 0 Å². The molecule has 7 heteroatoms. The van der Waals surface area contributed by atoms with E-state index in [1.54, 1.807) is 18.4 Å². The Morgan fingerprint density at radius 3 is 2.65 bits per heavy atom. The molecule has 0 bridgehead atoms. The first-order chi connectivity index (χ1) is 12.5. The lowest BCUT2D eigenvalue weighted by Gasteiger charge is -2.12. The Kier molecular flexibility index (Phi) is 7.47. The number of ether oxygens (including phenoxy) is 1. The van der Waals surface area contributed by atoms with Crippen molar-refractivity contribution in [2.45, 2.75) is 33.9 Å². The van der Waals surface area contributed by atoms with E-state index in [2.05, 4.69) is 40.0 Å². The average molecular weight is 375 g/mol. The topological polar surface area (TPSA) is 74.8 Å². The Balaban J connectivity index is 2.06. The molecular weight excluding hydrogens is 348 g/mol. The van der Waals surface area contributed by atoms with E-state index in [9.17, 15) is 4.79 Å². The largest absolute Gasteiger partial charge is 0.495 e. The van der Waals surface area contributed by atoms with E-state index < -0.39 is 0 Å². The fourth-order valence-electron chi connectivity index (χ4n) is 2.40. The van der Waals surface area contributed by atoms with Crippen molar-refractivity contribution in [3.8, 4) is 5.75 Å². The van der Waals surface area contributed by atoms with Gasteiger partial charge in [-0.3, -0.25) is 4.79 Å². The van der Waals surface area contributed by atoms with Gasteiger partial charge in [0.2, 0.25) is 5.91 Å². The van der Waals surface area contributed by atoms with Crippen molar-refractivity contribution >= 4 is 28.9 Å². The lowest BCUT2D eigenvalue weighted by atomic mass is 10.2. The summed E-state index contributed by atoms with van der Waals surface area (Å²) < 4.78 is 5.28. The fraction of sp³-hybridized carbons (Fsp3) is 0.368. The smallest absolute Gasteiger partial charge is 0.221 e. The van der Waals surface area contributed by atoms with Crippen LogP contribution in [0.3, 0.4) is 0 Å². The van der Waals surface area contributed by atoms with Gasteiger partial charge in [-0.25, -0.2) is 4.99 Å². The number of thiophene rings is 1. The zero-order chi connectivity index (χ0) is 18.9. The Morgan fingerprint density at radius 1 is 1.23 bits per heavy atom. The van der Waals surface area contributed by atoms with Gasteiger partial charge in [0.15, 0.2) is 5.96 Å². The molecular formula is C19H26N4O2S. The molecule has 1 aromatic heterocycles. The van der Waals surface area contributed by atoms with Crippen molar-refractivity contribution in [2.75, 3.05) is 19.0 Å². The van der Waals surface area contributed by atoms with E-state index >= 15 is 0 Å². The van der Waals surface area contributed by atoms with Crippen LogP contribution in [-0.4, -0.2) is 25.5 Å². The maximum atomic E-state index is 11.4. The first-order valence-electron chi connectivity index (χ1n) is 8.53. The normalized spacial score (nSPS) is 11.2. The zero-order valence-corrected chi connectivity index (χ0v) is 16.5. The van der Waals surface area contributed by atoms with Crippen LogP contribution >= 0.6 is 11.3 Å². The second-order valence-corrected chi connectivity index (χ2v) is 7.15. The second kappa shape index (κ2) is 9.82. The summed E-state index contributed by atoms with van der Waals surface area (Å²) in [5.41, 5.74) is 1.64. The second-order valence-electron chi connectivity index (χ2n) is 5.78. The van der Waals surface area contributed by atoms with Gasteiger partial charge in [-0.2, -0.15) is 0 Å². The third kappa shape index (κ3) is 6.07. The minimum absolute atomic E-state index is 0.134. The van der Waals surface area contributed by atoms with Gasteiger partial charge >= 0.3 is 0 Å². The number of rotatable bonds is 7. The van der Waals surface area contributed by atoms with Crippen LogP contribution in [-0.2, 0) is 17.9 Å². The summed E-state index contributed by atoms with van der Waals surface area (Å²) in [6.07, 6.45) is 0. The van der Waals surface area contributed by atoms with E-state index in [-0.39, 0.29) is 5.91 Å². The van der Waals surface area contributed by atoms with E-state index in [0.717, 1.165) is 24.6 Å². The number of aryl methyl sites for hydroxylation is 1. The van der Waals surface area contributed by atoms with Gasteiger partial charge in [-0.1, -0.05) is 6.07 Å². The molecule has 0 saturated carbocycles. The summed E-state index contributed by atoms with van der Waals surface area (Å²) in [4.78, 5) is 18.5. The molecule has 1 heterocycles. The summed E-state index contributed by atoms with van der Waals surface area (Å²) in [6.45, 7) is 7.64. The number of carbonyl (C=O) groups excluding carboxylic acids is 1. The van der Waals surface area contributed by atoms with E-state index in [1.165, 1.54) is 16.7 Å². The molecule has 0 aliphatic carbocycles. The molecule has 0 unspecified atom stereocenters. The van der Waals surface area contributed by atoms with Gasteiger partial charge in [0.25, 0.3) is 0 Å². The van der Waals surface area contributed by atoms with Gasteiger partial charge in [0.1, 0.15) is 5.75 Å². The number of hydrogen-bond acceptors (Lipinski definition) is 4. The quantitative estimate of drug-likeness (QED) is 0.514. The minimum Gasteiger partial charge on any atom is -0.495 e. The summed E-state index contributed by atoms with van der Waals surface area (Å²) >= 11 is 1.77. The SMILES string of the molecule is CCNC(=NCc1ccc(OC)c(NC(C)=O)c1)NCc1ccc(C)s1. The number of benzene rings is 1. The molecule has 0 aliphatic heterocycles. The monoisotopic (exact) mass is 374 g/mol. The zero-order valence-electron chi connectivity index (χ0n) is 15.7. The van der Waals surface area contributed by atoms with Crippen LogP contribution in [0, 0.1) is 6.92 Å². The highest BCUT2D eigenvalue weighted by atomic mass is 32.1. The Labute approximate surface area is 158 Å². The first kappa shape index (κ1) is 19.8. The van der Waals surface area contributed by atoms with Crippen molar-refractivity contribution in [1.82, 2.24) is 10.6 Å². The number of aliphatic imine (C=N–C) groups is 1. The van der Waals surface area contributed by atoms with Crippen LogP contribution in [0.15, 0.2) is 35.3 Å². The molecule has 26 heavy (non-hydrogen) atoms. The van der Waals surface area contributed by atoms with Gasteiger partial charge in [0.05, 0.1) is 25.9 Å². The Bertz CT molecular complexity index is 771. The summed E-state index contributed by atoms with van der Waals surface area (Å²) in [5.74, 6) is 1.26. The number of methoxy groups -OCH3 is 1. The molecule has 140 valence electrons. The minimum atomic E-state index is -0.134. The predicted molar refractivity (Wildman–Crippen MR) is 108 cm³/mol. The fourth-order valence-corrected chi connectivity index (χ4v) is 3.23. The molecule has 0 fully saturated rings. The molecule has 0 spiro atoms. The van der Waals surface area contributed by atoms with Gasteiger partial charge < -0.3 is 20.7 Å². The van der Waals surface area contributed by atoms with Crippen molar-refractivity contribution in [3.05, 3.63) is 45.6 Å². The van der Waals surface area contributed by atoms with E-state index in [1.807, 2.05) is 25.1 Å². The number of carbonyl (C=O) groups is 1. The maximum absolute atomic E-state index is 11.4. The third-order valence-corrected chi connectivity index (χ3v) is 4.57. The Morgan fingerprint density at radius 2 is 2.04 bits per heavy atom. The number of guanidine groups is 1. The highest BCUT2D eigenvalue weighted by Gasteiger charge is 2.06. The van der Waals surface area contributed by atoms with Crippen LogP contribution in [0.25, 0.3) is 0 Å². The van der Waals surface area contributed by atoms with Gasteiger partial charge in [-0.05, 0) is 43.7 Å². The number of nitrogens with zero attached hydrogens (tertiary/aromatic N) is 1. The molecule has 0 aliphatic rings. The standard InChI is InChI=1S/C19H26N4O2S/c1-5-20-19(22-12-16-8-6-13(2)26-16)21-11-15-7-9-18(25-4)17(10-15)23-14(3)24/h6-10H,5,11-12H2,1-4H3,(H,23,24)(H2,20,21,22). The molecule has 2 aromatic rings. The van der Waals surface area contributed by atoms with Crippen molar-refractivity contribution in [2.24, 2.45) is 4.99 Å². The summed E-state index contributed by atoms with van der Waals surface area (Å²) in [7, 11) is 1.58. The van der Waals surface area contributed by atoms with Crippen LogP contribution in [0.2, 0.25) is 0 Å². The van der Waals surface area contributed by atoms with Crippen LogP contribution < -0.4 is 20.7 Å². The van der Waals surface area contributed by atoms with Gasteiger partial charge in [-0.15, -0.1) is 11.3 Å². The summed E-state index contributed by atoms with van der Waals surface area (Å²) in [6, 6.07) is 9.91. The van der Waals surface area contributed by atoms with Crippen LogP contribution in [0.1, 0.15) is 29.2 Å². The molecule has 0 radical (unpaired) electrons. The molecule has 1 amide bonds. The van der Waals surface area contributed by atoms with Crippen molar-refractivity contribution in [3.63, 3.8) is 0 Å². The highest BCUT2D eigenvalue weighted by Crippen LogP contribution is 2.25. The maximum Gasteiger partial charge on any atom is 0.221 e. The van der Waals surface area contributed by atoms with E-state index in [0.29, 0.717) is 18.0 Å². The number of nitrogens with one attached hydrogen (secondary N) is 3. The van der Waals surface area contributed by atoms with Gasteiger partial charge in [0, 0.05) is 23.2 Å². The summed E-state index contributed by atoms with van der Waals surface area (Å²) in [5, 5.41) is 9.38. The lowest BCUT2D eigenvalue weighted by Crippen LogP contribution is -2.36. The molecule has 0 atom stereocenters. The molecule has 6 nitrogen and oxygen atoms in total. The molecule has 2 rings (SSSR count).